The molecule has 0 saturated carbocycles. The molecule has 0 aromatic heterocycles. The number of carbonyl (C=O) groups excluding carboxylic acids is 3. The molecular formula is C32H52FNO11. The molecule has 45 heavy (non-hydrogen) atoms. The molecule has 0 aliphatic rings. The first-order valence-corrected chi connectivity index (χ1v) is 15.6. The van der Waals surface area contributed by atoms with Crippen molar-refractivity contribution in [1.82, 2.24) is 5.32 Å². The largest absolute Gasteiger partial charge is 0.444 e. The van der Waals surface area contributed by atoms with Crippen LogP contribution in [0.4, 0.5) is 9.18 Å². The van der Waals surface area contributed by atoms with Gasteiger partial charge in [-0.3, -0.25) is 9.59 Å². The molecular weight excluding hydrogens is 593 g/mol. The molecule has 0 atom stereocenters. The summed E-state index contributed by atoms with van der Waals surface area (Å²) in [7, 11) is 0. The van der Waals surface area contributed by atoms with Crippen molar-refractivity contribution in [2.75, 3.05) is 85.8 Å². The van der Waals surface area contributed by atoms with E-state index in [0.29, 0.717) is 91.9 Å². The van der Waals surface area contributed by atoms with Gasteiger partial charge < -0.3 is 43.2 Å². The van der Waals surface area contributed by atoms with Crippen LogP contribution in [0.1, 0.15) is 69.7 Å². The lowest BCUT2D eigenvalue weighted by molar-refractivity contribution is -0.135. The van der Waals surface area contributed by atoms with Crippen molar-refractivity contribution in [1.29, 1.82) is 0 Å². The van der Waals surface area contributed by atoms with Crippen molar-refractivity contribution in [3.63, 3.8) is 0 Å². The van der Waals surface area contributed by atoms with Crippen LogP contribution in [0.5, 0.6) is 5.75 Å². The van der Waals surface area contributed by atoms with Crippen molar-refractivity contribution in [2.24, 2.45) is 0 Å². The minimum atomic E-state index is -0.765. The van der Waals surface area contributed by atoms with E-state index in [2.05, 4.69) is 5.32 Å². The van der Waals surface area contributed by atoms with E-state index in [1.165, 1.54) is 12.1 Å². The Balaban J connectivity index is 1.74. The van der Waals surface area contributed by atoms with Crippen molar-refractivity contribution in [3.05, 3.63) is 29.6 Å². The Hall–Kier alpha value is -2.68. The number of nitrogens with one attached hydrogen (secondary N) is 1. The van der Waals surface area contributed by atoms with Gasteiger partial charge in [0.2, 0.25) is 0 Å². The average Bonchev–Trinajstić information content (AvgIpc) is 2.99. The highest BCUT2D eigenvalue weighted by atomic mass is 19.1. The van der Waals surface area contributed by atoms with Gasteiger partial charge in [-0.15, -0.1) is 0 Å². The van der Waals surface area contributed by atoms with Gasteiger partial charge in [-0.25, -0.2) is 9.18 Å². The number of halogens is 1. The first-order valence-electron chi connectivity index (χ1n) is 15.6. The van der Waals surface area contributed by atoms with Crippen LogP contribution in [-0.4, -0.2) is 110 Å². The monoisotopic (exact) mass is 645 g/mol. The smallest absolute Gasteiger partial charge is 0.407 e. The second kappa shape index (κ2) is 26.5. The van der Waals surface area contributed by atoms with E-state index in [-0.39, 0.29) is 24.3 Å². The van der Waals surface area contributed by atoms with Crippen LogP contribution in [0.2, 0.25) is 0 Å². The Morgan fingerprint density at radius 2 is 1.16 bits per heavy atom. The van der Waals surface area contributed by atoms with Crippen LogP contribution in [0.25, 0.3) is 0 Å². The Morgan fingerprint density at radius 1 is 0.711 bits per heavy atom. The van der Waals surface area contributed by atoms with E-state index in [1.54, 1.807) is 0 Å². The molecule has 1 N–H and O–H groups in total. The van der Waals surface area contributed by atoms with Gasteiger partial charge in [0.25, 0.3) is 0 Å². The lowest BCUT2D eigenvalue weighted by atomic mass is 10.2. The molecule has 12 nitrogen and oxygen atoms in total. The first-order chi connectivity index (χ1) is 21.7. The third-order valence-electron chi connectivity index (χ3n) is 5.57. The maximum Gasteiger partial charge on any atom is 0.407 e. The second-order valence-corrected chi connectivity index (χ2v) is 10.9. The molecule has 13 heteroatoms. The average molecular weight is 646 g/mol. The van der Waals surface area contributed by atoms with Gasteiger partial charge in [0.15, 0.2) is 11.6 Å². The minimum absolute atomic E-state index is 0.00995. The molecule has 1 amide bonds. The van der Waals surface area contributed by atoms with Crippen molar-refractivity contribution in [3.8, 4) is 5.75 Å². The van der Waals surface area contributed by atoms with E-state index in [0.717, 1.165) is 31.7 Å². The molecule has 1 aromatic carbocycles. The first kappa shape index (κ1) is 40.3. The molecule has 1 rings (SSSR count). The standard InChI is InChI=1S/C32H52FNO11/c1-32(2,3)45-31(37)34-12-24-43-22-8-20-41-18-6-16-39-14-4-13-38-15-5-17-40-19-7-21-42-23-11-30(36)44-29-10-9-27(26-35)25-28(29)33/h9-10,25-26H,4-8,11-24H2,1-3H3,(H,34,37). The zero-order chi connectivity index (χ0) is 33.0. The number of ether oxygens (including phenoxy) is 8. The Morgan fingerprint density at radius 3 is 1.58 bits per heavy atom. The number of aldehydes is 1. The molecule has 1 aromatic rings. The van der Waals surface area contributed by atoms with Gasteiger partial charge in [-0.05, 0) is 71.1 Å². The fourth-order valence-corrected chi connectivity index (χ4v) is 3.47. The quantitative estimate of drug-likeness (QED) is 0.0597. The summed E-state index contributed by atoms with van der Waals surface area (Å²) in [6.45, 7) is 12.4. The highest BCUT2D eigenvalue weighted by molar-refractivity contribution is 5.76. The van der Waals surface area contributed by atoms with Crippen molar-refractivity contribution >= 4 is 18.3 Å². The van der Waals surface area contributed by atoms with Crippen LogP contribution in [0.3, 0.4) is 0 Å². The molecule has 0 radical (unpaired) electrons. The van der Waals surface area contributed by atoms with E-state index in [9.17, 15) is 18.8 Å². The molecule has 0 unspecified atom stereocenters. The van der Waals surface area contributed by atoms with Crippen LogP contribution >= 0.6 is 0 Å². The summed E-state index contributed by atoms with van der Waals surface area (Å²) in [5, 5.41) is 2.65. The molecule has 0 spiro atoms. The van der Waals surface area contributed by atoms with Gasteiger partial charge in [0.05, 0.1) is 19.6 Å². The van der Waals surface area contributed by atoms with Gasteiger partial charge in [0.1, 0.15) is 11.9 Å². The SMILES string of the molecule is CC(C)(C)OC(=O)NCCOCCCOCCCOCCCOCCCOCCCOCCC(=O)Oc1ccc(C=O)cc1F. The summed E-state index contributed by atoms with van der Waals surface area (Å²) in [5.74, 6) is -1.59. The van der Waals surface area contributed by atoms with Gasteiger partial charge >= 0.3 is 12.1 Å². The van der Waals surface area contributed by atoms with Crippen LogP contribution in [0, 0.1) is 5.82 Å². The third kappa shape index (κ3) is 25.2. The summed E-state index contributed by atoms with van der Waals surface area (Å²) < 4.78 is 56.9. The van der Waals surface area contributed by atoms with Crippen LogP contribution in [0.15, 0.2) is 18.2 Å². The van der Waals surface area contributed by atoms with Crippen molar-refractivity contribution in [2.45, 2.75) is 64.9 Å². The Bertz CT molecular complexity index is 927. The van der Waals surface area contributed by atoms with Crippen molar-refractivity contribution < 1.29 is 56.7 Å². The number of esters is 1. The predicted molar refractivity (Wildman–Crippen MR) is 164 cm³/mol. The van der Waals surface area contributed by atoms with Gasteiger partial charge in [-0.1, -0.05) is 0 Å². The molecule has 0 aliphatic heterocycles. The topological polar surface area (TPSA) is 137 Å². The van der Waals surface area contributed by atoms with Crippen LogP contribution in [-0.2, 0) is 38.0 Å². The van der Waals surface area contributed by atoms with E-state index in [4.69, 9.17) is 37.9 Å². The van der Waals surface area contributed by atoms with Crippen LogP contribution < -0.4 is 10.1 Å². The van der Waals surface area contributed by atoms with E-state index in [1.807, 2.05) is 20.8 Å². The minimum Gasteiger partial charge on any atom is -0.444 e. The zero-order valence-corrected chi connectivity index (χ0v) is 27.1. The molecule has 0 fully saturated rings. The fraction of sp³-hybridized carbons (Fsp3) is 0.719. The maximum absolute atomic E-state index is 13.7. The fourth-order valence-electron chi connectivity index (χ4n) is 3.47. The molecule has 0 bridgehead atoms. The summed E-state index contributed by atoms with van der Waals surface area (Å²) >= 11 is 0. The number of rotatable bonds is 28. The highest BCUT2D eigenvalue weighted by Gasteiger charge is 2.15. The normalized spacial score (nSPS) is 11.4. The second-order valence-electron chi connectivity index (χ2n) is 10.9. The summed E-state index contributed by atoms with van der Waals surface area (Å²) in [6, 6.07) is 3.63. The lowest BCUT2D eigenvalue weighted by Crippen LogP contribution is -2.34. The summed E-state index contributed by atoms with van der Waals surface area (Å²) in [6.07, 6.45) is 3.99. The number of amides is 1. The van der Waals surface area contributed by atoms with Gasteiger partial charge in [0, 0.05) is 78.2 Å². The Labute approximate surface area is 266 Å². The van der Waals surface area contributed by atoms with E-state index < -0.39 is 23.5 Å². The lowest BCUT2D eigenvalue weighted by Gasteiger charge is -2.19. The predicted octanol–water partition coefficient (Wildman–Crippen LogP) is 4.51. The number of hydrogen-bond acceptors (Lipinski definition) is 11. The molecule has 0 aliphatic carbocycles. The number of carbonyl (C=O) groups is 3. The number of benzene rings is 1. The van der Waals surface area contributed by atoms with Gasteiger partial charge in [-0.2, -0.15) is 0 Å². The maximum atomic E-state index is 13.7. The molecule has 258 valence electrons. The Kier molecular flexibility index (Phi) is 23.8. The molecule has 0 heterocycles. The summed E-state index contributed by atoms with van der Waals surface area (Å²) in [4.78, 5) is 33.9. The summed E-state index contributed by atoms with van der Waals surface area (Å²) in [5.41, 5.74) is -0.338. The van der Waals surface area contributed by atoms with E-state index >= 15 is 0 Å². The number of hydrogen-bond donors (Lipinski definition) is 1. The third-order valence-corrected chi connectivity index (χ3v) is 5.57. The highest BCUT2D eigenvalue weighted by Crippen LogP contribution is 2.18. The number of alkyl carbamates (subject to hydrolysis) is 1. The molecule has 0 saturated heterocycles. The zero-order valence-electron chi connectivity index (χ0n) is 27.1.